The number of aryl methyl sites for hydroxylation is 1. The highest BCUT2D eigenvalue weighted by atomic mass is 15.1. The summed E-state index contributed by atoms with van der Waals surface area (Å²) in [6.07, 6.45) is 4.86. The molecule has 0 fully saturated rings. The molecule has 0 aliphatic carbocycles. The molecule has 0 radical (unpaired) electrons. The molecule has 0 bridgehead atoms. The molecule has 1 aromatic carbocycles. The first-order valence-corrected chi connectivity index (χ1v) is 4.63. The van der Waals surface area contributed by atoms with E-state index in [1.807, 2.05) is 24.3 Å². The minimum atomic E-state index is 0.410. The zero-order valence-corrected chi connectivity index (χ0v) is 8.22. The first-order valence-electron chi connectivity index (χ1n) is 4.63. The predicted molar refractivity (Wildman–Crippen MR) is 58.9 cm³/mol. The normalized spacial score (nSPS) is 10.1. The summed E-state index contributed by atoms with van der Waals surface area (Å²) in [6, 6.07) is 8.30. The number of hydrogen-bond acceptors (Lipinski definition) is 1. The molecule has 0 aliphatic heterocycles. The van der Waals surface area contributed by atoms with Crippen molar-refractivity contribution in [1.82, 2.24) is 0 Å². The molecule has 14 heavy (non-hydrogen) atoms. The van der Waals surface area contributed by atoms with Crippen molar-refractivity contribution in [1.29, 1.82) is 0 Å². The fourth-order valence-electron chi connectivity index (χ4n) is 1.19. The van der Waals surface area contributed by atoms with E-state index in [0.717, 1.165) is 12.0 Å². The molecule has 1 rings (SSSR count). The average molecular weight is 187 g/mol. The monoisotopic (exact) mass is 187 g/mol. The standard InChI is InChI=1S/C11H13N3/c1-2-10-5-3-6-11(9-10)7-4-8-13-14-12/h3-7,9H,2,8H2,1H3. The largest absolute Gasteiger partial charge is 0.0899 e. The molecule has 1 aromatic rings. The Bertz CT molecular complexity index is 363. The van der Waals surface area contributed by atoms with Gasteiger partial charge in [0.15, 0.2) is 0 Å². The average Bonchev–Trinajstić information content (AvgIpc) is 2.25. The van der Waals surface area contributed by atoms with Gasteiger partial charge in [0.2, 0.25) is 0 Å². The van der Waals surface area contributed by atoms with Gasteiger partial charge < -0.3 is 0 Å². The summed E-state index contributed by atoms with van der Waals surface area (Å²) in [5, 5.41) is 3.42. The second kappa shape index (κ2) is 5.84. The molecule has 0 atom stereocenters. The molecule has 0 spiro atoms. The highest BCUT2D eigenvalue weighted by Gasteiger charge is 1.89. The van der Waals surface area contributed by atoms with Gasteiger partial charge in [-0.2, -0.15) is 0 Å². The first kappa shape index (κ1) is 10.4. The van der Waals surface area contributed by atoms with Crippen LogP contribution < -0.4 is 0 Å². The third-order valence-electron chi connectivity index (χ3n) is 1.92. The van der Waals surface area contributed by atoms with Gasteiger partial charge in [0.05, 0.1) is 0 Å². The van der Waals surface area contributed by atoms with E-state index in [4.69, 9.17) is 5.53 Å². The van der Waals surface area contributed by atoms with E-state index in [1.54, 1.807) is 0 Å². The summed E-state index contributed by atoms with van der Waals surface area (Å²) in [7, 11) is 0. The number of rotatable bonds is 4. The maximum atomic E-state index is 8.07. The van der Waals surface area contributed by atoms with Gasteiger partial charge in [0.25, 0.3) is 0 Å². The Morgan fingerprint density at radius 2 is 2.36 bits per heavy atom. The molecule has 0 saturated heterocycles. The summed E-state index contributed by atoms with van der Waals surface area (Å²) < 4.78 is 0. The molecule has 0 N–H and O–H groups in total. The van der Waals surface area contributed by atoms with Gasteiger partial charge in [0.1, 0.15) is 0 Å². The SMILES string of the molecule is CCc1cccc(C=CCN=[N+]=[N-])c1. The number of benzene rings is 1. The van der Waals surface area contributed by atoms with Crippen molar-refractivity contribution in [2.45, 2.75) is 13.3 Å². The van der Waals surface area contributed by atoms with Gasteiger partial charge >= 0.3 is 0 Å². The summed E-state index contributed by atoms with van der Waals surface area (Å²) >= 11 is 0. The van der Waals surface area contributed by atoms with Crippen LogP contribution in [-0.2, 0) is 6.42 Å². The van der Waals surface area contributed by atoms with Crippen LogP contribution in [0, 0.1) is 0 Å². The van der Waals surface area contributed by atoms with Crippen LogP contribution in [0.5, 0.6) is 0 Å². The number of nitrogens with zero attached hydrogens (tertiary/aromatic N) is 3. The molecular weight excluding hydrogens is 174 g/mol. The lowest BCUT2D eigenvalue weighted by Gasteiger charge is -1.97. The van der Waals surface area contributed by atoms with Crippen LogP contribution in [0.1, 0.15) is 18.1 Å². The highest BCUT2D eigenvalue weighted by molar-refractivity contribution is 5.50. The van der Waals surface area contributed by atoms with Gasteiger partial charge in [-0.25, -0.2) is 0 Å². The smallest absolute Gasteiger partial charge is 0.0443 e. The van der Waals surface area contributed by atoms with E-state index in [-0.39, 0.29) is 0 Å². The lowest BCUT2D eigenvalue weighted by atomic mass is 10.1. The Hall–Kier alpha value is -1.73. The topological polar surface area (TPSA) is 48.8 Å². The van der Waals surface area contributed by atoms with Crippen molar-refractivity contribution in [2.24, 2.45) is 5.11 Å². The van der Waals surface area contributed by atoms with Crippen LogP contribution in [0.3, 0.4) is 0 Å². The second-order valence-electron chi connectivity index (χ2n) is 2.91. The molecular formula is C11H13N3. The molecule has 0 heterocycles. The van der Waals surface area contributed by atoms with E-state index >= 15 is 0 Å². The Morgan fingerprint density at radius 1 is 1.50 bits per heavy atom. The number of hydrogen-bond donors (Lipinski definition) is 0. The van der Waals surface area contributed by atoms with Crippen molar-refractivity contribution >= 4 is 6.08 Å². The zero-order chi connectivity index (χ0) is 10.2. The quantitative estimate of drug-likeness (QED) is 0.393. The van der Waals surface area contributed by atoms with E-state index in [0.29, 0.717) is 6.54 Å². The first-order chi connectivity index (χ1) is 6.86. The summed E-state index contributed by atoms with van der Waals surface area (Å²) in [4.78, 5) is 2.67. The van der Waals surface area contributed by atoms with Gasteiger partial charge in [-0.1, -0.05) is 48.5 Å². The molecule has 72 valence electrons. The molecule has 0 aromatic heterocycles. The minimum Gasteiger partial charge on any atom is -0.0899 e. The van der Waals surface area contributed by atoms with Crippen LogP contribution in [0.4, 0.5) is 0 Å². The van der Waals surface area contributed by atoms with E-state index in [9.17, 15) is 0 Å². The van der Waals surface area contributed by atoms with Crippen LogP contribution in [0.25, 0.3) is 16.5 Å². The van der Waals surface area contributed by atoms with Crippen LogP contribution >= 0.6 is 0 Å². The lowest BCUT2D eigenvalue weighted by Crippen LogP contribution is -1.80. The fourth-order valence-corrected chi connectivity index (χ4v) is 1.19. The van der Waals surface area contributed by atoms with Crippen LogP contribution in [0.15, 0.2) is 35.5 Å². The summed E-state index contributed by atoms with van der Waals surface area (Å²) in [6.45, 7) is 2.54. The third kappa shape index (κ3) is 3.33. The van der Waals surface area contributed by atoms with Crippen LogP contribution in [-0.4, -0.2) is 6.54 Å². The van der Waals surface area contributed by atoms with Gasteiger partial charge in [-0.05, 0) is 23.1 Å². The van der Waals surface area contributed by atoms with Crippen molar-refractivity contribution in [3.63, 3.8) is 0 Å². The highest BCUT2D eigenvalue weighted by Crippen LogP contribution is 2.07. The molecule has 0 saturated carbocycles. The molecule has 0 unspecified atom stereocenters. The zero-order valence-electron chi connectivity index (χ0n) is 8.22. The maximum absolute atomic E-state index is 8.07. The second-order valence-corrected chi connectivity index (χ2v) is 2.91. The van der Waals surface area contributed by atoms with Gasteiger partial charge in [0, 0.05) is 11.5 Å². The Kier molecular flexibility index (Phi) is 4.32. The maximum Gasteiger partial charge on any atom is 0.0443 e. The van der Waals surface area contributed by atoms with Crippen molar-refractivity contribution in [3.8, 4) is 0 Å². The summed E-state index contributed by atoms with van der Waals surface area (Å²) in [5.41, 5.74) is 10.5. The lowest BCUT2D eigenvalue weighted by molar-refractivity contribution is 1.14. The Labute approximate surface area is 83.7 Å². The fraction of sp³-hybridized carbons (Fsp3) is 0.273. The van der Waals surface area contributed by atoms with Crippen molar-refractivity contribution < 1.29 is 0 Å². The molecule has 3 heteroatoms. The van der Waals surface area contributed by atoms with E-state index in [1.165, 1.54) is 5.56 Å². The van der Waals surface area contributed by atoms with Gasteiger partial charge in [-0.3, -0.25) is 0 Å². The summed E-state index contributed by atoms with van der Waals surface area (Å²) in [5.74, 6) is 0. The minimum absolute atomic E-state index is 0.410. The van der Waals surface area contributed by atoms with Crippen LogP contribution in [0.2, 0.25) is 0 Å². The molecule has 3 nitrogen and oxygen atoms in total. The van der Waals surface area contributed by atoms with Crippen molar-refractivity contribution in [2.75, 3.05) is 6.54 Å². The Morgan fingerprint density at radius 3 is 3.07 bits per heavy atom. The molecule has 0 amide bonds. The van der Waals surface area contributed by atoms with Gasteiger partial charge in [-0.15, -0.1) is 0 Å². The van der Waals surface area contributed by atoms with E-state index < -0.39 is 0 Å². The number of azide groups is 1. The van der Waals surface area contributed by atoms with E-state index in [2.05, 4.69) is 29.1 Å². The molecule has 0 aliphatic rings. The third-order valence-corrected chi connectivity index (χ3v) is 1.92. The van der Waals surface area contributed by atoms with Crippen molar-refractivity contribution in [3.05, 3.63) is 51.9 Å². The predicted octanol–water partition coefficient (Wildman–Crippen LogP) is 3.57. The Balaban J connectivity index is 2.66.